The number of allylic oxidation sites excluding steroid dienone is 2. The normalized spacial score (nSPS) is 26.3. The Labute approximate surface area is 150 Å². The molecule has 2 unspecified atom stereocenters. The Bertz CT molecular complexity index is 914. The lowest BCUT2D eigenvalue weighted by Crippen LogP contribution is -2.45. The molecule has 6 nitrogen and oxygen atoms in total. The van der Waals surface area contributed by atoms with Gasteiger partial charge in [-0.05, 0) is 24.1 Å². The van der Waals surface area contributed by atoms with Crippen LogP contribution in [0.4, 0.5) is 14.5 Å². The molecular weight excluding hydrogens is 364 g/mol. The van der Waals surface area contributed by atoms with Gasteiger partial charge in [0.25, 0.3) is 0 Å². The van der Waals surface area contributed by atoms with Crippen molar-refractivity contribution in [2.24, 2.45) is 5.73 Å². The number of hydrogen-bond acceptors (Lipinski definition) is 4. The van der Waals surface area contributed by atoms with Crippen LogP contribution in [0.5, 0.6) is 0 Å². The van der Waals surface area contributed by atoms with Gasteiger partial charge in [-0.15, -0.1) is 0 Å². The minimum atomic E-state index is -3.83. The van der Waals surface area contributed by atoms with Crippen molar-refractivity contribution in [3.63, 3.8) is 0 Å². The summed E-state index contributed by atoms with van der Waals surface area (Å²) in [5.41, 5.74) is 5.91. The maximum Gasteiger partial charge on any atom is 0.244 e. The third-order valence-electron chi connectivity index (χ3n) is 4.37. The van der Waals surface area contributed by atoms with Crippen molar-refractivity contribution in [2.75, 3.05) is 17.7 Å². The molecule has 3 N–H and O–H groups in total. The number of rotatable bonds is 4. The molecule has 2 aliphatic rings. The van der Waals surface area contributed by atoms with Gasteiger partial charge in [-0.1, -0.05) is 24.3 Å². The van der Waals surface area contributed by atoms with Crippen molar-refractivity contribution in [3.8, 4) is 0 Å². The van der Waals surface area contributed by atoms with Crippen LogP contribution >= 0.6 is 0 Å². The minimum absolute atomic E-state index is 0.000301. The molecule has 0 saturated carbocycles. The lowest BCUT2D eigenvalue weighted by Gasteiger charge is -2.30. The fourth-order valence-electron chi connectivity index (χ4n) is 3.19. The van der Waals surface area contributed by atoms with E-state index in [4.69, 9.17) is 5.73 Å². The van der Waals surface area contributed by atoms with E-state index in [1.165, 1.54) is 29.2 Å². The Morgan fingerprint density at radius 2 is 2.12 bits per heavy atom. The van der Waals surface area contributed by atoms with E-state index in [-0.39, 0.29) is 29.2 Å². The van der Waals surface area contributed by atoms with E-state index >= 15 is 4.39 Å². The number of nitrogens with two attached hydrogens (primary N) is 1. The lowest BCUT2D eigenvalue weighted by molar-refractivity contribution is -0.118. The molecule has 140 valence electrons. The Hall–Kier alpha value is -2.10. The summed E-state index contributed by atoms with van der Waals surface area (Å²) in [6.07, 6.45) is 5.53. The van der Waals surface area contributed by atoms with Gasteiger partial charge in [-0.2, -0.15) is 4.72 Å². The van der Waals surface area contributed by atoms with E-state index in [1.54, 1.807) is 6.08 Å². The van der Waals surface area contributed by atoms with Gasteiger partial charge in [0, 0.05) is 18.5 Å². The highest BCUT2D eigenvalue weighted by Gasteiger charge is 2.38. The maximum atomic E-state index is 15.3. The first-order valence-electron chi connectivity index (χ1n) is 8.03. The van der Waals surface area contributed by atoms with Crippen LogP contribution in [0, 0.1) is 5.82 Å². The van der Waals surface area contributed by atoms with Gasteiger partial charge in [0.2, 0.25) is 21.7 Å². The molecule has 2 atom stereocenters. The van der Waals surface area contributed by atoms with Gasteiger partial charge in [0.1, 0.15) is 5.82 Å². The molecule has 26 heavy (non-hydrogen) atoms. The third kappa shape index (κ3) is 3.55. The molecule has 1 aromatic carbocycles. The highest BCUT2D eigenvalue weighted by atomic mass is 32.2. The van der Waals surface area contributed by atoms with Crippen LogP contribution in [0.2, 0.25) is 0 Å². The molecule has 0 spiro atoms. The topological polar surface area (TPSA) is 92.5 Å². The molecule has 1 heterocycles. The Morgan fingerprint density at radius 1 is 1.38 bits per heavy atom. The Balaban J connectivity index is 1.96. The van der Waals surface area contributed by atoms with Crippen LogP contribution in [-0.4, -0.2) is 39.0 Å². The van der Waals surface area contributed by atoms with E-state index in [9.17, 15) is 17.6 Å². The number of hydrogen-bond donors (Lipinski definition) is 2. The highest BCUT2D eigenvalue weighted by molar-refractivity contribution is 7.88. The highest BCUT2D eigenvalue weighted by Crippen LogP contribution is 2.37. The minimum Gasteiger partial charge on any atom is -0.320 e. The molecule has 3 rings (SSSR count). The lowest BCUT2D eigenvalue weighted by atomic mass is 9.90. The Morgan fingerprint density at radius 3 is 2.69 bits per heavy atom. The first-order chi connectivity index (χ1) is 12.1. The second-order valence-electron chi connectivity index (χ2n) is 6.44. The van der Waals surface area contributed by atoms with Gasteiger partial charge in [0.05, 0.1) is 18.0 Å². The number of nitrogens with zero attached hydrogens (tertiary/aromatic N) is 1. The Kier molecular flexibility index (Phi) is 4.72. The molecule has 1 aliphatic heterocycles. The fourth-order valence-corrected chi connectivity index (χ4v) is 3.97. The van der Waals surface area contributed by atoms with Gasteiger partial charge in [0.15, 0.2) is 0 Å². The summed E-state index contributed by atoms with van der Waals surface area (Å²) >= 11 is 0. The van der Waals surface area contributed by atoms with E-state index in [2.05, 4.69) is 0 Å². The second kappa shape index (κ2) is 6.57. The van der Waals surface area contributed by atoms with Crippen molar-refractivity contribution >= 4 is 27.2 Å². The fraction of sp³-hybridized carbons (Fsp3) is 0.353. The van der Waals surface area contributed by atoms with Gasteiger partial charge < -0.3 is 10.6 Å². The summed E-state index contributed by atoms with van der Waals surface area (Å²) < 4.78 is 54.8. The van der Waals surface area contributed by atoms with Gasteiger partial charge in [-0.25, -0.2) is 17.2 Å². The van der Waals surface area contributed by atoms with Crippen LogP contribution in [0.1, 0.15) is 18.4 Å². The van der Waals surface area contributed by atoms with Crippen molar-refractivity contribution < 1.29 is 22.0 Å². The van der Waals surface area contributed by atoms with Gasteiger partial charge in [-0.3, -0.25) is 4.79 Å². The number of amides is 1. The number of carbonyl (C=O) groups is 1. The summed E-state index contributed by atoms with van der Waals surface area (Å²) in [6.45, 7) is 0.310. The molecule has 1 amide bonds. The number of benzene rings is 1. The first-order valence-corrected chi connectivity index (χ1v) is 9.92. The smallest absolute Gasteiger partial charge is 0.244 e. The molecule has 0 bridgehead atoms. The monoisotopic (exact) mass is 383 g/mol. The van der Waals surface area contributed by atoms with E-state index in [0.29, 0.717) is 13.0 Å². The van der Waals surface area contributed by atoms with E-state index in [1.807, 2.05) is 4.72 Å². The van der Waals surface area contributed by atoms with Crippen LogP contribution in [0.25, 0.3) is 5.57 Å². The summed E-state index contributed by atoms with van der Waals surface area (Å²) in [6, 6.07) is 3.27. The molecule has 9 heteroatoms. The average Bonchev–Trinajstić information content (AvgIpc) is 2.85. The zero-order valence-electron chi connectivity index (χ0n) is 14.1. The first kappa shape index (κ1) is 18.7. The zero-order chi connectivity index (χ0) is 19.1. The van der Waals surface area contributed by atoms with Crippen LogP contribution in [0.3, 0.4) is 0 Å². The predicted molar refractivity (Wildman–Crippen MR) is 94.9 cm³/mol. The largest absolute Gasteiger partial charge is 0.320 e. The van der Waals surface area contributed by atoms with Crippen LogP contribution in [-0.2, 0) is 14.8 Å². The summed E-state index contributed by atoms with van der Waals surface area (Å²) in [4.78, 5) is 13.2. The van der Waals surface area contributed by atoms with Gasteiger partial charge >= 0.3 is 0 Å². The summed E-state index contributed by atoms with van der Waals surface area (Å²) in [7, 11) is -3.83. The number of carbonyl (C=O) groups excluding carboxylic acids is 1. The summed E-state index contributed by atoms with van der Waals surface area (Å²) in [5.74, 6) is -3.44. The second-order valence-corrected chi connectivity index (χ2v) is 8.19. The predicted octanol–water partition coefficient (Wildman–Crippen LogP) is 1.45. The van der Waals surface area contributed by atoms with Crippen LogP contribution in [0.15, 0.2) is 36.4 Å². The van der Waals surface area contributed by atoms with E-state index < -0.39 is 27.7 Å². The maximum absolute atomic E-state index is 15.3. The van der Waals surface area contributed by atoms with E-state index in [0.717, 1.165) is 12.3 Å². The molecular formula is C17H19F2N3O3S. The van der Waals surface area contributed by atoms with Crippen molar-refractivity contribution in [2.45, 2.75) is 24.7 Å². The number of halogens is 2. The molecule has 0 aromatic heterocycles. The summed E-state index contributed by atoms with van der Waals surface area (Å²) in [5, 5.41) is 0. The molecule has 1 fully saturated rings. The molecule has 1 saturated heterocycles. The number of anilines is 1. The number of sulfonamides is 1. The number of nitrogens with one attached hydrogen (secondary N) is 1. The average molecular weight is 383 g/mol. The molecule has 1 aliphatic carbocycles. The standard InChI is InChI=1S/C17H19F2N3O3S/c1-26(24,25)21-17(19)8-3-2-4-12(17)11-5-6-15(13(18)10-11)22-9-7-14(20)16(22)23/h2-6,10,14,21H,7-9,20H2,1H3. The van der Waals surface area contributed by atoms with Crippen molar-refractivity contribution in [1.29, 1.82) is 0 Å². The van der Waals surface area contributed by atoms with Crippen molar-refractivity contribution in [1.82, 2.24) is 4.72 Å². The SMILES string of the molecule is CS(=O)(=O)NC1(F)CC=CC=C1c1ccc(N2CCC(N)C2=O)c(F)c1. The quantitative estimate of drug-likeness (QED) is 0.770. The van der Waals surface area contributed by atoms with Crippen molar-refractivity contribution in [3.05, 3.63) is 47.8 Å². The van der Waals surface area contributed by atoms with Crippen LogP contribution < -0.4 is 15.4 Å². The number of alkyl halides is 1. The third-order valence-corrected chi connectivity index (χ3v) is 5.06. The molecule has 1 aromatic rings. The molecule has 0 radical (unpaired) electrons. The zero-order valence-corrected chi connectivity index (χ0v) is 14.9.